The number of nitrogens with one attached hydrogen (secondary N) is 2. The predicted octanol–water partition coefficient (Wildman–Crippen LogP) is 5.86. The monoisotopic (exact) mass is 498 g/mol. The normalized spacial score (nSPS) is 19.6. The lowest BCUT2D eigenvalue weighted by Gasteiger charge is -2.33. The van der Waals surface area contributed by atoms with E-state index in [9.17, 15) is 18.0 Å². The van der Waals surface area contributed by atoms with Crippen molar-refractivity contribution in [2.24, 2.45) is 0 Å². The molecule has 158 valence electrons. The standard InChI is InChI=1S/C20H18BrF3N4OS/c1-11(12-6-3-2-4-7-12)25-19(29)17-16(21)18-26-13(14-8-5-9-30-14)10-15(20(22,23)24)28(18)27-17/h2-9,11,13,15,26H,10H2,1H3,(H,25,29)/t11-,13-,15-/m0/s1. The second kappa shape index (κ2) is 8.07. The molecule has 0 unspecified atom stereocenters. The number of benzene rings is 1. The van der Waals surface area contributed by atoms with Crippen LogP contribution in [0.3, 0.4) is 0 Å². The SMILES string of the molecule is C[C@H](NC(=O)c1nn2c(c1Br)N[C@H](c1cccs1)C[C@H]2C(F)(F)F)c1ccccc1. The number of halogens is 4. The van der Waals surface area contributed by atoms with Crippen molar-refractivity contribution in [2.75, 3.05) is 5.32 Å². The van der Waals surface area contributed by atoms with E-state index in [0.717, 1.165) is 15.1 Å². The second-order valence-corrected chi connectivity index (χ2v) is 8.84. The molecule has 3 atom stereocenters. The average molecular weight is 499 g/mol. The van der Waals surface area contributed by atoms with E-state index in [4.69, 9.17) is 0 Å². The van der Waals surface area contributed by atoms with Gasteiger partial charge in [0.2, 0.25) is 0 Å². The van der Waals surface area contributed by atoms with Gasteiger partial charge >= 0.3 is 6.18 Å². The van der Waals surface area contributed by atoms with Crippen molar-refractivity contribution in [1.82, 2.24) is 15.1 Å². The molecular weight excluding hydrogens is 481 g/mol. The van der Waals surface area contributed by atoms with Crippen LogP contribution in [0.4, 0.5) is 19.0 Å². The third kappa shape index (κ3) is 3.98. The maximum absolute atomic E-state index is 13.8. The van der Waals surface area contributed by atoms with Crippen molar-refractivity contribution >= 4 is 39.0 Å². The average Bonchev–Trinajstić information content (AvgIpc) is 3.36. The van der Waals surface area contributed by atoms with Crippen LogP contribution in [-0.2, 0) is 0 Å². The molecule has 0 bridgehead atoms. The minimum Gasteiger partial charge on any atom is -0.362 e. The van der Waals surface area contributed by atoms with Crippen LogP contribution in [0.1, 0.15) is 52.4 Å². The summed E-state index contributed by atoms with van der Waals surface area (Å²) in [5.74, 6) is -0.394. The number of fused-ring (bicyclic) bond motifs is 1. The van der Waals surface area contributed by atoms with E-state index in [1.54, 1.807) is 19.1 Å². The summed E-state index contributed by atoms with van der Waals surface area (Å²) >= 11 is 4.69. The number of rotatable bonds is 4. The Kier molecular flexibility index (Phi) is 5.63. The van der Waals surface area contributed by atoms with Crippen LogP contribution in [0, 0.1) is 0 Å². The number of anilines is 1. The zero-order chi connectivity index (χ0) is 21.5. The van der Waals surface area contributed by atoms with E-state index in [-0.39, 0.29) is 28.4 Å². The predicted molar refractivity (Wildman–Crippen MR) is 113 cm³/mol. The van der Waals surface area contributed by atoms with Gasteiger partial charge in [-0.25, -0.2) is 4.68 Å². The van der Waals surface area contributed by atoms with E-state index in [1.807, 2.05) is 35.7 Å². The summed E-state index contributed by atoms with van der Waals surface area (Å²) in [7, 11) is 0. The molecule has 0 saturated carbocycles. The van der Waals surface area contributed by atoms with Gasteiger partial charge in [-0.05, 0) is 39.9 Å². The molecule has 0 fully saturated rings. The molecule has 1 amide bonds. The minimum absolute atomic E-state index is 0.0821. The van der Waals surface area contributed by atoms with Crippen LogP contribution in [0.15, 0.2) is 52.3 Å². The fraction of sp³-hybridized carbons (Fsp3) is 0.300. The molecule has 2 aromatic heterocycles. The molecule has 3 aromatic rings. The first-order valence-electron chi connectivity index (χ1n) is 9.26. The first kappa shape index (κ1) is 20.9. The number of carbonyl (C=O) groups is 1. The third-order valence-electron chi connectivity index (χ3n) is 5.04. The molecule has 0 saturated heterocycles. The maximum atomic E-state index is 13.8. The molecule has 0 radical (unpaired) electrons. The van der Waals surface area contributed by atoms with Gasteiger partial charge in [-0.1, -0.05) is 36.4 Å². The molecule has 5 nitrogen and oxygen atoms in total. The lowest BCUT2D eigenvalue weighted by molar-refractivity contribution is -0.173. The Morgan fingerprint density at radius 3 is 2.67 bits per heavy atom. The van der Waals surface area contributed by atoms with Crippen LogP contribution in [0.25, 0.3) is 0 Å². The molecule has 30 heavy (non-hydrogen) atoms. The summed E-state index contributed by atoms with van der Waals surface area (Å²) in [4.78, 5) is 13.6. The van der Waals surface area contributed by atoms with E-state index in [1.165, 1.54) is 11.3 Å². The Labute approximate surface area is 183 Å². The highest BCUT2D eigenvalue weighted by molar-refractivity contribution is 9.10. The summed E-state index contributed by atoms with van der Waals surface area (Å²) in [6, 6.07) is 10.2. The van der Waals surface area contributed by atoms with Crippen molar-refractivity contribution in [1.29, 1.82) is 0 Å². The molecule has 3 heterocycles. The molecule has 4 rings (SSSR count). The van der Waals surface area contributed by atoms with E-state index in [2.05, 4.69) is 31.7 Å². The number of aromatic nitrogens is 2. The number of hydrogen-bond acceptors (Lipinski definition) is 4. The van der Waals surface area contributed by atoms with Crippen molar-refractivity contribution in [3.63, 3.8) is 0 Å². The van der Waals surface area contributed by atoms with Gasteiger partial charge in [0.1, 0.15) is 5.82 Å². The number of thiophene rings is 1. The Morgan fingerprint density at radius 1 is 1.30 bits per heavy atom. The van der Waals surface area contributed by atoms with Crippen molar-refractivity contribution in [2.45, 2.75) is 37.6 Å². The zero-order valence-corrected chi connectivity index (χ0v) is 18.2. The lowest BCUT2D eigenvalue weighted by Crippen LogP contribution is -2.35. The number of nitrogens with zero attached hydrogens (tertiary/aromatic N) is 2. The Hall–Kier alpha value is -2.33. The van der Waals surface area contributed by atoms with E-state index >= 15 is 0 Å². The van der Waals surface area contributed by atoms with Crippen LogP contribution >= 0.6 is 27.3 Å². The summed E-state index contributed by atoms with van der Waals surface area (Å²) in [6.45, 7) is 1.81. The fourth-order valence-corrected chi connectivity index (χ4v) is 4.85. The Morgan fingerprint density at radius 2 is 2.03 bits per heavy atom. The first-order valence-corrected chi connectivity index (χ1v) is 10.9. The molecular formula is C20H18BrF3N4OS. The van der Waals surface area contributed by atoms with Crippen LogP contribution in [-0.4, -0.2) is 21.9 Å². The third-order valence-corrected chi connectivity index (χ3v) is 6.78. The van der Waals surface area contributed by atoms with E-state index in [0.29, 0.717) is 0 Å². The minimum atomic E-state index is -4.50. The molecule has 10 heteroatoms. The van der Waals surface area contributed by atoms with Crippen LogP contribution in [0.2, 0.25) is 0 Å². The number of hydrogen-bond donors (Lipinski definition) is 2. The Balaban J connectivity index is 1.65. The molecule has 1 aliphatic rings. The van der Waals surface area contributed by atoms with Gasteiger partial charge in [0.05, 0.1) is 16.6 Å². The highest BCUT2D eigenvalue weighted by Crippen LogP contribution is 2.46. The van der Waals surface area contributed by atoms with Crippen LogP contribution in [0.5, 0.6) is 0 Å². The van der Waals surface area contributed by atoms with E-state index < -0.39 is 24.2 Å². The van der Waals surface area contributed by atoms with Gasteiger partial charge in [0, 0.05) is 11.3 Å². The second-order valence-electron chi connectivity index (χ2n) is 7.07. The van der Waals surface area contributed by atoms with Crippen molar-refractivity contribution < 1.29 is 18.0 Å². The number of alkyl halides is 3. The van der Waals surface area contributed by atoms with Crippen LogP contribution < -0.4 is 10.6 Å². The zero-order valence-electron chi connectivity index (χ0n) is 15.8. The molecule has 0 spiro atoms. The van der Waals surface area contributed by atoms with Gasteiger partial charge in [-0.15, -0.1) is 11.3 Å². The number of carbonyl (C=O) groups excluding carboxylic acids is 1. The summed E-state index contributed by atoms with van der Waals surface area (Å²) in [5, 5.41) is 11.8. The molecule has 1 aliphatic heterocycles. The van der Waals surface area contributed by atoms with Crippen molar-refractivity contribution in [3.05, 3.63) is 68.5 Å². The summed E-state index contributed by atoms with van der Waals surface area (Å²) < 4.78 is 42.5. The topological polar surface area (TPSA) is 59.0 Å². The Bertz CT molecular complexity index is 1040. The molecule has 1 aromatic carbocycles. The van der Waals surface area contributed by atoms with Gasteiger partial charge in [-0.2, -0.15) is 18.3 Å². The highest BCUT2D eigenvalue weighted by atomic mass is 79.9. The van der Waals surface area contributed by atoms with Gasteiger partial charge in [0.25, 0.3) is 5.91 Å². The summed E-state index contributed by atoms with van der Waals surface area (Å²) in [5.41, 5.74) is 0.802. The molecule has 2 N–H and O–H groups in total. The van der Waals surface area contributed by atoms with Gasteiger partial charge in [-0.3, -0.25) is 4.79 Å². The number of amides is 1. The molecule has 0 aliphatic carbocycles. The summed E-state index contributed by atoms with van der Waals surface area (Å²) in [6.07, 6.45) is -4.70. The first-order chi connectivity index (χ1) is 14.3. The highest BCUT2D eigenvalue weighted by Gasteiger charge is 2.48. The quantitative estimate of drug-likeness (QED) is 0.473. The van der Waals surface area contributed by atoms with Gasteiger partial charge < -0.3 is 10.6 Å². The van der Waals surface area contributed by atoms with Gasteiger partial charge in [0.15, 0.2) is 11.7 Å². The smallest absolute Gasteiger partial charge is 0.362 e. The lowest BCUT2D eigenvalue weighted by atomic mass is 10.0. The largest absolute Gasteiger partial charge is 0.410 e. The fourth-order valence-electron chi connectivity index (χ4n) is 3.50. The maximum Gasteiger partial charge on any atom is 0.410 e. The van der Waals surface area contributed by atoms with Crippen molar-refractivity contribution in [3.8, 4) is 0 Å².